The Morgan fingerprint density at radius 1 is 1.60 bits per heavy atom. The predicted molar refractivity (Wildman–Crippen MR) is 50.0 cm³/mol. The molecule has 0 spiro atoms. The fraction of sp³-hybridized carbons (Fsp3) is 0.250. The first kappa shape index (κ1) is 9.53. The minimum atomic E-state index is -0.951. The Hall–Kier alpha value is -2.02. The van der Waals surface area contributed by atoms with Crippen molar-refractivity contribution in [2.75, 3.05) is 0 Å². The molecule has 0 aliphatic heterocycles. The molecule has 2 rings (SSSR count). The number of hydrogen-bond acceptors (Lipinski definition) is 5. The van der Waals surface area contributed by atoms with Crippen LogP contribution in [0.15, 0.2) is 18.2 Å². The molecular weight excluding hydrogens is 198 g/mol. The van der Waals surface area contributed by atoms with E-state index in [1.54, 1.807) is 18.2 Å². The summed E-state index contributed by atoms with van der Waals surface area (Å²) in [7, 11) is 0. The zero-order chi connectivity index (χ0) is 10.8. The molecule has 0 amide bonds. The second-order valence-corrected chi connectivity index (χ2v) is 3.10. The van der Waals surface area contributed by atoms with E-state index in [9.17, 15) is 4.79 Å². The first-order valence-corrected chi connectivity index (χ1v) is 4.33. The SMILES string of the molecule is NC(CC(=O)O)c1cccc2nnnn12. The van der Waals surface area contributed by atoms with Gasteiger partial charge in [-0.3, -0.25) is 4.79 Å². The summed E-state index contributed by atoms with van der Waals surface area (Å²) < 4.78 is 1.44. The van der Waals surface area contributed by atoms with E-state index in [2.05, 4.69) is 15.5 Å². The van der Waals surface area contributed by atoms with Gasteiger partial charge in [0.25, 0.3) is 0 Å². The summed E-state index contributed by atoms with van der Waals surface area (Å²) in [5, 5.41) is 19.6. The Morgan fingerprint density at radius 2 is 2.40 bits per heavy atom. The summed E-state index contributed by atoms with van der Waals surface area (Å²) in [6, 6.07) is 4.55. The van der Waals surface area contributed by atoms with Crippen LogP contribution < -0.4 is 5.73 Å². The maximum absolute atomic E-state index is 10.5. The van der Waals surface area contributed by atoms with Crippen molar-refractivity contribution < 1.29 is 9.90 Å². The lowest BCUT2D eigenvalue weighted by atomic mass is 10.1. The molecule has 1 unspecified atom stereocenters. The van der Waals surface area contributed by atoms with Crippen LogP contribution in [0, 0.1) is 0 Å². The lowest BCUT2D eigenvalue weighted by molar-refractivity contribution is -0.137. The molecule has 15 heavy (non-hydrogen) atoms. The van der Waals surface area contributed by atoms with Crippen LogP contribution in [0.2, 0.25) is 0 Å². The van der Waals surface area contributed by atoms with Gasteiger partial charge >= 0.3 is 5.97 Å². The standard InChI is InChI=1S/C8H9N5O2/c9-5(4-8(14)15)6-2-1-3-7-10-11-12-13(6)7/h1-3,5H,4,9H2,(H,14,15). The molecule has 0 aromatic carbocycles. The van der Waals surface area contributed by atoms with E-state index < -0.39 is 12.0 Å². The van der Waals surface area contributed by atoms with Gasteiger partial charge in [-0.25, -0.2) is 0 Å². The molecule has 0 saturated carbocycles. The third-order valence-electron chi connectivity index (χ3n) is 2.02. The van der Waals surface area contributed by atoms with Crippen molar-refractivity contribution in [3.05, 3.63) is 23.9 Å². The molecule has 0 fully saturated rings. The molecule has 0 aliphatic rings. The van der Waals surface area contributed by atoms with E-state index in [1.807, 2.05) is 0 Å². The largest absolute Gasteiger partial charge is 0.481 e. The number of aromatic nitrogens is 4. The second kappa shape index (κ2) is 3.62. The molecule has 78 valence electrons. The summed E-state index contributed by atoms with van der Waals surface area (Å²) in [5.41, 5.74) is 6.86. The zero-order valence-corrected chi connectivity index (χ0v) is 7.74. The van der Waals surface area contributed by atoms with Crippen LogP contribution >= 0.6 is 0 Å². The fourth-order valence-electron chi connectivity index (χ4n) is 1.36. The van der Waals surface area contributed by atoms with Crippen molar-refractivity contribution in [3.63, 3.8) is 0 Å². The number of pyridine rings is 1. The zero-order valence-electron chi connectivity index (χ0n) is 7.74. The molecular formula is C8H9N5O2. The maximum Gasteiger partial charge on any atom is 0.305 e. The van der Waals surface area contributed by atoms with Crippen LogP contribution in [-0.4, -0.2) is 31.1 Å². The molecule has 0 bridgehead atoms. The Morgan fingerprint density at radius 3 is 3.13 bits per heavy atom. The quantitative estimate of drug-likeness (QED) is 0.709. The van der Waals surface area contributed by atoms with E-state index in [0.29, 0.717) is 11.3 Å². The van der Waals surface area contributed by atoms with Crippen molar-refractivity contribution in [2.24, 2.45) is 5.73 Å². The number of carboxylic acid groups (broad SMARTS) is 1. The first-order chi connectivity index (χ1) is 7.18. The van der Waals surface area contributed by atoms with Gasteiger partial charge in [0.2, 0.25) is 0 Å². The van der Waals surface area contributed by atoms with Gasteiger partial charge in [-0.15, -0.1) is 5.10 Å². The second-order valence-electron chi connectivity index (χ2n) is 3.10. The lowest BCUT2D eigenvalue weighted by Crippen LogP contribution is -2.18. The normalized spacial score (nSPS) is 12.9. The average molecular weight is 207 g/mol. The van der Waals surface area contributed by atoms with Gasteiger partial charge in [0.1, 0.15) is 0 Å². The molecule has 1 atom stereocenters. The minimum Gasteiger partial charge on any atom is -0.481 e. The number of nitrogens with zero attached hydrogens (tertiary/aromatic N) is 4. The smallest absolute Gasteiger partial charge is 0.305 e. The Labute approximate surface area is 84.5 Å². The molecule has 0 saturated heterocycles. The number of tetrazole rings is 1. The Balaban J connectivity index is 2.42. The molecule has 7 nitrogen and oxygen atoms in total. The number of nitrogens with two attached hydrogens (primary N) is 1. The van der Waals surface area contributed by atoms with Gasteiger partial charge in [-0.05, 0) is 22.6 Å². The summed E-state index contributed by atoms with van der Waals surface area (Å²) in [5.74, 6) is -0.951. The number of aliphatic carboxylic acids is 1. The van der Waals surface area contributed by atoms with Gasteiger partial charge in [-0.2, -0.15) is 4.52 Å². The highest BCUT2D eigenvalue weighted by Gasteiger charge is 2.14. The maximum atomic E-state index is 10.5. The van der Waals surface area contributed by atoms with E-state index in [-0.39, 0.29) is 6.42 Å². The van der Waals surface area contributed by atoms with Gasteiger partial charge in [0.15, 0.2) is 5.65 Å². The van der Waals surface area contributed by atoms with E-state index in [4.69, 9.17) is 10.8 Å². The van der Waals surface area contributed by atoms with E-state index in [0.717, 1.165) is 0 Å². The molecule has 2 aromatic rings. The number of carbonyl (C=O) groups is 1. The molecule has 2 heterocycles. The van der Waals surface area contributed by atoms with Crippen LogP contribution in [0.25, 0.3) is 5.65 Å². The molecule has 3 N–H and O–H groups in total. The van der Waals surface area contributed by atoms with E-state index >= 15 is 0 Å². The highest BCUT2D eigenvalue weighted by Crippen LogP contribution is 2.13. The lowest BCUT2D eigenvalue weighted by Gasteiger charge is -2.09. The van der Waals surface area contributed by atoms with Gasteiger partial charge in [0.05, 0.1) is 18.2 Å². The summed E-state index contributed by atoms with van der Waals surface area (Å²) in [4.78, 5) is 10.5. The highest BCUT2D eigenvalue weighted by molar-refractivity contribution is 5.67. The van der Waals surface area contributed by atoms with Crippen LogP contribution in [0.5, 0.6) is 0 Å². The highest BCUT2D eigenvalue weighted by atomic mass is 16.4. The molecule has 0 radical (unpaired) electrons. The number of carboxylic acids is 1. The van der Waals surface area contributed by atoms with Crippen molar-refractivity contribution >= 4 is 11.6 Å². The van der Waals surface area contributed by atoms with E-state index in [1.165, 1.54) is 4.52 Å². The van der Waals surface area contributed by atoms with Crippen LogP contribution in [0.4, 0.5) is 0 Å². The minimum absolute atomic E-state index is 0.154. The van der Waals surface area contributed by atoms with Crippen LogP contribution in [0.3, 0.4) is 0 Å². The number of rotatable bonds is 3. The van der Waals surface area contributed by atoms with Gasteiger partial charge in [0, 0.05) is 0 Å². The van der Waals surface area contributed by atoms with Gasteiger partial charge in [-0.1, -0.05) is 6.07 Å². The Bertz CT molecular complexity index is 494. The predicted octanol–water partition coefficient (Wildman–Crippen LogP) is -0.401. The third kappa shape index (κ3) is 1.77. The summed E-state index contributed by atoms with van der Waals surface area (Å²) in [6.07, 6.45) is -0.154. The van der Waals surface area contributed by atoms with Crippen LogP contribution in [-0.2, 0) is 4.79 Å². The van der Waals surface area contributed by atoms with Crippen molar-refractivity contribution in [1.82, 2.24) is 20.0 Å². The monoisotopic (exact) mass is 207 g/mol. The molecule has 7 heteroatoms. The molecule has 0 aliphatic carbocycles. The van der Waals surface area contributed by atoms with Crippen molar-refractivity contribution in [1.29, 1.82) is 0 Å². The van der Waals surface area contributed by atoms with Crippen LogP contribution in [0.1, 0.15) is 18.2 Å². The summed E-state index contributed by atoms with van der Waals surface area (Å²) in [6.45, 7) is 0. The van der Waals surface area contributed by atoms with Crippen molar-refractivity contribution in [2.45, 2.75) is 12.5 Å². The van der Waals surface area contributed by atoms with Gasteiger partial charge < -0.3 is 10.8 Å². The number of hydrogen-bond donors (Lipinski definition) is 2. The fourth-order valence-corrected chi connectivity index (χ4v) is 1.36. The topological polar surface area (TPSA) is 106 Å². The third-order valence-corrected chi connectivity index (χ3v) is 2.02. The first-order valence-electron chi connectivity index (χ1n) is 4.33. The Kier molecular flexibility index (Phi) is 2.30. The van der Waals surface area contributed by atoms with Crippen molar-refractivity contribution in [3.8, 4) is 0 Å². The number of fused-ring (bicyclic) bond motifs is 1. The molecule has 2 aromatic heterocycles. The summed E-state index contributed by atoms with van der Waals surface area (Å²) >= 11 is 0. The average Bonchev–Trinajstić information content (AvgIpc) is 2.63.